The lowest BCUT2D eigenvalue weighted by molar-refractivity contribution is 0.0947. The number of likely N-dealkylation sites (N-methyl/N-ethyl adjacent to an activating group) is 1. The van der Waals surface area contributed by atoms with Gasteiger partial charge in [-0.1, -0.05) is 0 Å². The van der Waals surface area contributed by atoms with E-state index in [4.69, 9.17) is 4.74 Å². The minimum atomic E-state index is -0.0341. The van der Waals surface area contributed by atoms with Crippen molar-refractivity contribution in [2.45, 2.75) is 6.92 Å². The van der Waals surface area contributed by atoms with Gasteiger partial charge in [0.1, 0.15) is 0 Å². The van der Waals surface area contributed by atoms with E-state index in [9.17, 15) is 4.79 Å². The van der Waals surface area contributed by atoms with Crippen molar-refractivity contribution in [3.8, 4) is 0 Å². The molecule has 0 saturated carbocycles. The van der Waals surface area contributed by atoms with Crippen LogP contribution in [0.1, 0.15) is 17.3 Å². The van der Waals surface area contributed by atoms with Crippen molar-refractivity contribution >= 4 is 11.6 Å². The van der Waals surface area contributed by atoms with Crippen LogP contribution in [-0.2, 0) is 4.74 Å². The van der Waals surface area contributed by atoms with E-state index in [1.54, 1.807) is 7.11 Å². The summed E-state index contributed by atoms with van der Waals surface area (Å²) < 4.78 is 5.01. The van der Waals surface area contributed by atoms with Gasteiger partial charge in [0, 0.05) is 44.5 Å². The maximum Gasteiger partial charge on any atom is 0.251 e. The van der Waals surface area contributed by atoms with E-state index in [-0.39, 0.29) is 5.91 Å². The Hall–Kier alpha value is -1.59. The third kappa shape index (κ3) is 6.04. The monoisotopic (exact) mass is 279 g/mol. The zero-order valence-electron chi connectivity index (χ0n) is 12.6. The van der Waals surface area contributed by atoms with Crippen LogP contribution in [0.4, 0.5) is 5.69 Å². The standard InChI is InChI=1S/C15H25N3O2/c1-4-16-14-7-5-13(6-8-14)15(19)17-9-10-18(2)11-12-20-3/h5-8,16H,4,9-12H2,1-3H3,(H,17,19). The Labute approximate surface area is 121 Å². The summed E-state index contributed by atoms with van der Waals surface area (Å²) in [5, 5.41) is 6.12. The number of nitrogens with zero attached hydrogens (tertiary/aromatic N) is 1. The van der Waals surface area contributed by atoms with Crippen LogP contribution in [0.5, 0.6) is 0 Å². The maximum absolute atomic E-state index is 11.9. The fraction of sp³-hybridized carbons (Fsp3) is 0.533. The van der Waals surface area contributed by atoms with Gasteiger partial charge in [0.15, 0.2) is 0 Å². The molecule has 0 bridgehead atoms. The van der Waals surface area contributed by atoms with E-state index in [1.165, 1.54) is 0 Å². The molecule has 0 aliphatic carbocycles. The zero-order valence-corrected chi connectivity index (χ0v) is 12.6. The second kappa shape index (κ2) is 9.34. The number of amides is 1. The molecular weight excluding hydrogens is 254 g/mol. The molecular formula is C15H25N3O2. The Balaban J connectivity index is 2.31. The fourth-order valence-corrected chi connectivity index (χ4v) is 1.76. The van der Waals surface area contributed by atoms with E-state index in [1.807, 2.05) is 38.2 Å². The first kappa shape index (κ1) is 16.5. The molecule has 0 atom stereocenters. The van der Waals surface area contributed by atoms with Crippen molar-refractivity contribution < 1.29 is 9.53 Å². The number of hydrogen-bond acceptors (Lipinski definition) is 4. The molecule has 112 valence electrons. The minimum absolute atomic E-state index is 0.0341. The molecule has 1 amide bonds. The van der Waals surface area contributed by atoms with Crippen LogP contribution < -0.4 is 10.6 Å². The first-order chi connectivity index (χ1) is 9.67. The summed E-state index contributed by atoms with van der Waals surface area (Å²) in [4.78, 5) is 14.1. The molecule has 5 nitrogen and oxygen atoms in total. The molecule has 0 aromatic heterocycles. The Morgan fingerprint density at radius 3 is 2.55 bits per heavy atom. The van der Waals surface area contributed by atoms with Crippen molar-refractivity contribution in [1.29, 1.82) is 0 Å². The lowest BCUT2D eigenvalue weighted by Crippen LogP contribution is -2.34. The Kier molecular flexibility index (Phi) is 7.69. The summed E-state index contributed by atoms with van der Waals surface area (Å²) in [5.74, 6) is -0.0341. The molecule has 0 saturated heterocycles. The van der Waals surface area contributed by atoms with Crippen LogP contribution >= 0.6 is 0 Å². The molecule has 2 N–H and O–H groups in total. The van der Waals surface area contributed by atoms with Gasteiger partial charge >= 0.3 is 0 Å². The molecule has 1 rings (SSSR count). The predicted octanol–water partition coefficient (Wildman–Crippen LogP) is 1.43. The van der Waals surface area contributed by atoms with Crippen LogP contribution in [0.15, 0.2) is 24.3 Å². The maximum atomic E-state index is 11.9. The van der Waals surface area contributed by atoms with E-state index in [2.05, 4.69) is 15.5 Å². The second-order valence-corrected chi connectivity index (χ2v) is 4.66. The number of rotatable bonds is 9. The number of nitrogens with one attached hydrogen (secondary N) is 2. The molecule has 0 unspecified atom stereocenters. The zero-order chi connectivity index (χ0) is 14.8. The number of methoxy groups -OCH3 is 1. The average molecular weight is 279 g/mol. The van der Waals surface area contributed by atoms with Crippen molar-refractivity contribution in [2.75, 3.05) is 52.3 Å². The van der Waals surface area contributed by atoms with Crippen molar-refractivity contribution in [3.05, 3.63) is 29.8 Å². The number of carbonyl (C=O) groups excluding carboxylic acids is 1. The smallest absolute Gasteiger partial charge is 0.251 e. The highest BCUT2D eigenvalue weighted by Gasteiger charge is 2.05. The number of carbonyl (C=O) groups is 1. The first-order valence-electron chi connectivity index (χ1n) is 6.97. The molecule has 0 spiro atoms. The number of ether oxygens (including phenoxy) is 1. The van der Waals surface area contributed by atoms with Crippen molar-refractivity contribution in [1.82, 2.24) is 10.2 Å². The van der Waals surface area contributed by atoms with E-state index < -0.39 is 0 Å². The average Bonchev–Trinajstić information content (AvgIpc) is 2.46. The summed E-state index contributed by atoms with van der Waals surface area (Å²) >= 11 is 0. The number of benzene rings is 1. The van der Waals surface area contributed by atoms with Crippen LogP contribution in [-0.4, -0.2) is 57.8 Å². The summed E-state index contributed by atoms with van der Waals surface area (Å²) in [5.41, 5.74) is 1.72. The van der Waals surface area contributed by atoms with E-state index in [0.29, 0.717) is 18.7 Å². The number of hydrogen-bond donors (Lipinski definition) is 2. The molecule has 0 fully saturated rings. The summed E-state index contributed by atoms with van der Waals surface area (Å²) in [6.45, 7) is 5.93. The van der Waals surface area contributed by atoms with Gasteiger partial charge in [0.25, 0.3) is 5.91 Å². The van der Waals surface area contributed by atoms with Gasteiger partial charge in [0.2, 0.25) is 0 Å². The minimum Gasteiger partial charge on any atom is -0.385 e. The van der Waals surface area contributed by atoms with Crippen LogP contribution in [0, 0.1) is 0 Å². The molecule has 0 heterocycles. The van der Waals surface area contributed by atoms with Gasteiger partial charge < -0.3 is 20.3 Å². The lowest BCUT2D eigenvalue weighted by atomic mass is 10.2. The molecule has 5 heteroatoms. The normalized spacial score (nSPS) is 10.6. The van der Waals surface area contributed by atoms with E-state index in [0.717, 1.165) is 25.3 Å². The molecule has 1 aromatic rings. The van der Waals surface area contributed by atoms with Crippen LogP contribution in [0.25, 0.3) is 0 Å². The Morgan fingerprint density at radius 2 is 1.95 bits per heavy atom. The highest BCUT2D eigenvalue weighted by atomic mass is 16.5. The van der Waals surface area contributed by atoms with Gasteiger partial charge in [-0.05, 0) is 38.2 Å². The molecule has 20 heavy (non-hydrogen) atoms. The highest BCUT2D eigenvalue weighted by Crippen LogP contribution is 2.08. The van der Waals surface area contributed by atoms with Crippen LogP contribution in [0.3, 0.4) is 0 Å². The Bertz CT molecular complexity index is 393. The SMILES string of the molecule is CCNc1ccc(C(=O)NCCN(C)CCOC)cc1. The summed E-state index contributed by atoms with van der Waals surface area (Å²) in [6.07, 6.45) is 0. The summed E-state index contributed by atoms with van der Waals surface area (Å²) in [6, 6.07) is 7.51. The highest BCUT2D eigenvalue weighted by molar-refractivity contribution is 5.94. The van der Waals surface area contributed by atoms with Gasteiger partial charge in [-0.2, -0.15) is 0 Å². The van der Waals surface area contributed by atoms with Crippen LogP contribution in [0.2, 0.25) is 0 Å². The molecule has 0 radical (unpaired) electrons. The largest absolute Gasteiger partial charge is 0.385 e. The second-order valence-electron chi connectivity index (χ2n) is 4.66. The lowest BCUT2D eigenvalue weighted by Gasteiger charge is -2.16. The molecule has 0 aliphatic rings. The van der Waals surface area contributed by atoms with Gasteiger partial charge in [-0.3, -0.25) is 4.79 Å². The topological polar surface area (TPSA) is 53.6 Å². The summed E-state index contributed by atoms with van der Waals surface area (Å²) in [7, 11) is 3.70. The van der Waals surface area contributed by atoms with Gasteiger partial charge in [-0.15, -0.1) is 0 Å². The van der Waals surface area contributed by atoms with Crippen molar-refractivity contribution in [2.24, 2.45) is 0 Å². The Morgan fingerprint density at radius 1 is 1.25 bits per heavy atom. The molecule has 0 aliphatic heterocycles. The van der Waals surface area contributed by atoms with Gasteiger partial charge in [0.05, 0.1) is 6.61 Å². The number of anilines is 1. The third-order valence-corrected chi connectivity index (χ3v) is 2.98. The van der Waals surface area contributed by atoms with Crippen molar-refractivity contribution in [3.63, 3.8) is 0 Å². The van der Waals surface area contributed by atoms with Gasteiger partial charge in [-0.25, -0.2) is 0 Å². The third-order valence-electron chi connectivity index (χ3n) is 2.98. The fourth-order valence-electron chi connectivity index (χ4n) is 1.76. The first-order valence-corrected chi connectivity index (χ1v) is 6.97. The van der Waals surface area contributed by atoms with E-state index >= 15 is 0 Å². The molecule has 1 aromatic carbocycles. The quantitative estimate of drug-likeness (QED) is 0.718. The predicted molar refractivity (Wildman–Crippen MR) is 82.3 cm³/mol.